The summed E-state index contributed by atoms with van der Waals surface area (Å²) in [6, 6.07) is 1.42. The van der Waals surface area contributed by atoms with Gasteiger partial charge in [-0.3, -0.25) is 0 Å². The van der Waals surface area contributed by atoms with Gasteiger partial charge in [0.2, 0.25) is 0 Å². The number of hydrogen-bond donors (Lipinski definition) is 0. The van der Waals surface area contributed by atoms with E-state index < -0.39 is 17.5 Å². The molecular formula is C12H13F3O. The zero-order valence-electron chi connectivity index (χ0n) is 8.81. The molecule has 88 valence electrons. The summed E-state index contributed by atoms with van der Waals surface area (Å²) < 4.78 is 44.2. The molecule has 1 aliphatic rings. The van der Waals surface area contributed by atoms with Gasteiger partial charge in [-0.05, 0) is 18.9 Å². The summed E-state index contributed by atoms with van der Waals surface area (Å²) in [5.74, 6) is -2.95. The van der Waals surface area contributed by atoms with Crippen LogP contribution < -0.4 is 0 Å². The summed E-state index contributed by atoms with van der Waals surface area (Å²) in [4.78, 5) is 0. The molecule has 1 aromatic rings. The van der Waals surface area contributed by atoms with E-state index in [1.54, 1.807) is 0 Å². The van der Waals surface area contributed by atoms with E-state index in [1.807, 2.05) is 0 Å². The smallest absolute Gasteiger partial charge is 0.161 e. The first-order chi connectivity index (χ1) is 7.66. The molecule has 0 N–H and O–H groups in total. The molecule has 0 saturated heterocycles. The minimum absolute atomic E-state index is 0.00764. The minimum Gasteiger partial charge on any atom is -0.373 e. The fourth-order valence-electron chi connectivity index (χ4n) is 1.94. The van der Waals surface area contributed by atoms with Crippen molar-refractivity contribution in [2.45, 2.75) is 38.4 Å². The number of ether oxygens (including phenoxy) is 1. The van der Waals surface area contributed by atoms with Crippen LogP contribution in [0, 0.1) is 17.5 Å². The third kappa shape index (κ3) is 2.55. The Morgan fingerprint density at radius 3 is 2.31 bits per heavy atom. The van der Waals surface area contributed by atoms with Gasteiger partial charge in [0.15, 0.2) is 11.6 Å². The molecule has 1 aliphatic carbocycles. The fraction of sp³-hybridized carbons (Fsp3) is 0.500. The van der Waals surface area contributed by atoms with Crippen LogP contribution in [0.3, 0.4) is 0 Å². The summed E-state index contributed by atoms with van der Waals surface area (Å²) in [6.07, 6.45) is 4.29. The van der Waals surface area contributed by atoms with Crippen LogP contribution in [0.4, 0.5) is 13.2 Å². The normalized spacial score (nSPS) is 16.9. The van der Waals surface area contributed by atoms with Crippen molar-refractivity contribution >= 4 is 0 Å². The van der Waals surface area contributed by atoms with E-state index in [-0.39, 0.29) is 18.3 Å². The van der Waals surface area contributed by atoms with Crippen molar-refractivity contribution in [1.82, 2.24) is 0 Å². The Bertz CT molecular complexity index is 373. The summed E-state index contributed by atoms with van der Waals surface area (Å²) in [6.45, 7) is 0.00764. The highest BCUT2D eigenvalue weighted by atomic mass is 19.2. The van der Waals surface area contributed by atoms with Crippen LogP contribution in [0.1, 0.15) is 31.2 Å². The van der Waals surface area contributed by atoms with Gasteiger partial charge in [-0.25, -0.2) is 13.2 Å². The van der Waals surface area contributed by atoms with Crippen molar-refractivity contribution < 1.29 is 17.9 Å². The van der Waals surface area contributed by atoms with Gasteiger partial charge >= 0.3 is 0 Å². The second-order valence-corrected chi connectivity index (χ2v) is 4.08. The third-order valence-corrected chi connectivity index (χ3v) is 2.87. The van der Waals surface area contributed by atoms with Crippen molar-refractivity contribution in [3.8, 4) is 0 Å². The number of hydrogen-bond acceptors (Lipinski definition) is 1. The maximum absolute atomic E-state index is 13.2. The van der Waals surface area contributed by atoms with E-state index in [9.17, 15) is 13.2 Å². The molecule has 2 rings (SSSR count). The van der Waals surface area contributed by atoms with Gasteiger partial charge in [-0.1, -0.05) is 12.8 Å². The Morgan fingerprint density at radius 1 is 1.00 bits per heavy atom. The fourth-order valence-corrected chi connectivity index (χ4v) is 1.94. The number of rotatable bonds is 3. The highest BCUT2D eigenvalue weighted by molar-refractivity contribution is 5.19. The molecule has 4 heteroatoms. The summed E-state index contributed by atoms with van der Waals surface area (Å²) in [5.41, 5.74) is 0.0748. The van der Waals surface area contributed by atoms with Gasteiger partial charge in [0.1, 0.15) is 5.82 Å². The monoisotopic (exact) mass is 230 g/mol. The Morgan fingerprint density at radius 2 is 1.62 bits per heavy atom. The molecule has 1 saturated carbocycles. The molecule has 0 aliphatic heterocycles. The first-order valence-electron chi connectivity index (χ1n) is 5.42. The molecule has 16 heavy (non-hydrogen) atoms. The predicted octanol–water partition coefficient (Wildman–Crippen LogP) is 3.56. The molecule has 0 aromatic heterocycles. The van der Waals surface area contributed by atoms with E-state index in [1.165, 1.54) is 0 Å². The van der Waals surface area contributed by atoms with Crippen molar-refractivity contribution in [3.63, 3.8) is 0 Å². The van der Waals surface area contributed by atoms with Gasteiger partial charge in [0.05, 0.1) is 12.7 Å². The van der Waals surface area contributed by atoms with Crippen LogP contribution in [0.5, 0.6) is 0 Å². The SMILES string of the molecule is Fc1cc(F)c(COC2CCCC2)cc1F. The maximum Gasteiger partial charge on any atom is 0.161 e. The molecule has 1 nitrogen and oxygen atoms in total. The molecule has 1 aromatic carbocycles. The summed E-state index contributed by atoms with van der Waals surface area (Å²) in [7, 11) is 0. The van der Waals surface area contributed by atoms with Crippen LogP contribution in [0.25, 0.3) is 0 Å². The molecule has 0 atom stereocenters. The second-order valence-electron chi connectivity index (χ2n) is 4.08. The molecule has 1 fully saturated rings. The molecule has 0 bridgehead atoms. The van der Waals surface area contributed by atoms with Crippen molar-refractivity contribution in [2.75, 3.05) is 0 Å². The minimum atomic E-state index is -1.16. The average molecular weight is 230 g/mol. The first-order valence-corrected chi connectivity index (χ1v) is 5.42. The summed E-state index contributed by atoms with van der Waals surface area (Å²) >= 11 is 0. The number of halogens is 3. The Labute approximate surface area is 92.2 Å². The van der Waals surface area contributed by atoms with Crippen LogP contribution in [0.15, 0.2) is 12.1 Å². The van der Waals surface area contributed by atoms with Gasteiger partial charge in [0, 0.05) is 11.6 Å². The Kier molecular flexibility index (Phi) is 3.49. The van der Waals surface area contributed by atoms with Gasteiger partial charge in [-0.2, -0.15) is 0 Å². The number of benzene rings is 1. The van der Waals surface area contributed by atoms with Crippen LogP contribution in [0.2, 0.25) is 0 Å². The molecule has 0 spiro atoms. The van der Waals surface area contributed by atoms with Crippen molar-refractivity contribution in [3.05, 3.63) is 35.1 Å². The molecule has 0 unspecified atom stereocenters. The summed E-state index contributed by atoms with van der Waals surface area (Å²) in [5, 5.41) is 0. The second kappa shape index (κ2) is 4.87. The van der Waals surface area contributed by atoms with E-state index >= 15 is 0 Å². The van der Waals surface area contributed by atoms with E-state index in [2.05, 4.69) is 0 Å². The predicted molar refractivity (Wildman–Crippen MR) is 53.4 cm³/mol. The van der Waals surface area contributed by atoms with Gasteiger partial charge < -0.3 is 4.74 Å². The largest absolute Gasteiger partial charge is 0.373 e. The highest BCUT2D eigenvalue weighted by Crippen LogP contribution is 2.23. The molecule has 0 amide bonds. The quantitative estimate of drug-likeness (QED) is 0.721. The highest BCUT2D eigenvalue weighted by Gasteiger charge is 2.17. The zero-order chi connectivity index (χ0) is 11.5. The Balaban J connectivity index is 2.00. The van der Waals surface area contributed by atoms with Crippen LogP contribution in [-0.2, 0) is 11.3 Å². The lowest BCUT2D eigenvalue weighted by atomic mass is 10.2. The van der Waals surface area contributed by atoms with Crippen molar-refractivity contribution in [1.29, 1.82) is 0 Å². The van der Waals surface area contributed by atoms with E-state index in [4.69, 9.17) is 4.74 Å². The molecular weight excluding hydrogens is 217 g/mol. The molecule has 0 radical (unpaired) electrons. The van der Waals surface area contributed by atoms with Crippen LogP contribution in [-0.4, -0.2) is 6.10 Å². The standard InChI is InChI=1S/C12H13F3O/c13-10-6-12(15)11(14)5-8(10)7-16-9-3-1-2-4-9/h5-6,9H,1-4,7H2. The van der Waals surface area contributed by atoms with Gasteiger partial charge in [-0.15, -0.1) is 0 Å². The lowest BCUT2D eigenvalue weighted by molar-refractivity contribution is 0.0439. The Hall–Kier alpha value is -1.03. The van der Waals surface area contributed by atoms with E-state index in [0.29, 0.717) is 6.07 Å². The van der Waals surface area contributed by atoms with Crippen molar-refractivity contribution in [2.24, 2.45) is 0 Å². The van der Waals surface area contributed by atoms with E-state index in [0.717, 1.165) is 31.7 Å². The maximum atomic E-state index is 13.2. The average Bonchev–Trinajstić information content (AvgIpc) is 2.74. The van der Waals surface area contributed by atoms with Gasteiger partial charge in [0.25, 0.3) is 0 Å². The topological polar surface area (TPSA) is 9.23 Å². The molecule has 0 heterocycles. The van der Waals surface area contributed by atoms with Crippen LogP contribution >= 0.6 is 0 Å². The zero-order valence-corrected chi connectivity index (χ0v) is 8.81. The third-order valence-electron chi connectivity index (χ3n) is 2.87. The first kappa shape index (κ1) is 11.5. The lowest BCUT2D eigenvalue weighted by Crippen LogP contribution is -2.08. The lowest BCUT2D eigenvalue weighted by Gasteiger charge is -2.11.